The summed E-state index contributed by atoms with van der Waals surface area (Å²) in [6, 6.07) is 19.5. The Kier molecular flexibility index (Phi) is 4.86. The van der Waals surface area contributed by atoms with Crippen molar-refractivity contribution < 1.29 is 0 Å². The zero-order valence-corrected chi connectivity index (χ0v) is 15.1. The van der Waals surface area contributed by atoms with Gasteiger partial charge in [-0.3, -0.25) is 0 Å². The minimum absolute atomic E-state index is 0.888. The molecule has 0 aliphatic carbocycles. The molecule has 0 saturated carbocycles. The summed E-state index contributed by atoms with van der Waals surface area (Å²) in [5, 5.41) is 3.56. The highest BCUT2D eigenvalue weighted by molar-refractivity contribution is 5.48. The summed E-state index contributed by atoms with van der Waals surface area (Å²) in [4.78, 5) is 0. The van der Waals surface area contributed by atoms with E-state index in [-0.39, 0.29) is 0 Å². The van der Waals surface area contributed by atoms with Crippen molar-refractivity contribution >= 4 is 0 Å². The lowest BCUT2D eigenvalue weighted by atomic mass is 10.1. The molecule has 0 spiro atoms. The molecule has 24 heavy (non-hydrogen) atoms. The summed E-state index contributed by atoms with van der Waals surface area (Å²) in [5.41, 5.74) is 9.20. The third kappa shape index (κ3) is 3.44. The zero-order valence-electron chi connectivity index (χ0n) is 15.1. The van der Waals surface area contributed by atoms with Gasteiger partial charge in [-0.2, -0.15) is 0 Å². The van der Waals surface area contributed by atoms with Crippen molar-refractivity contribution in [2.75, 3.05) is 0 Å². The maximum atomic E-state index is 3.56. The van der Waals surface area contributed by atoms with Gasteiger partial charge in [-0.15, -0.1) is 0 Å². The van der Waals surface area contributed by atoms with Crippen molar-refractivity contribution in [2.45, 2.75) is 40.8 Å². The van der Waals surface area contributed by atoms with Gasteiger partial charge in [0.15, 0.2) is 0 Å². The molecule has 3 aromatic rings. The molecule has 3 rings (SSSR count). The summed E-state index contributed by atoms with van der Waals surface area (Å²) in [7, 11) is 0. The second-order valence-electron chi connectivity index (χ2n) is 6.61. The minimum Gasteiger partial charge on any atom is -0.318 e. The van der Waals surface area contributed by atoms with Gasteiger partial charge in [0.25, 0.3) is 0 Å². The third-order valence-corrected chi connectivity index (χ3v) is 4.63. The number of hydrogen-bond donors (Lipinski definition) is 1. The summed E-state index contributed by atoms with van der Waals surface area (Å²) < 4.78 is 2.38. The first-order valence-electron chi connectivity index (χ1n) is 8.56. The van der Waals surface area contributed by atoms with Crippen LogP contribution >= 0.6 is 0 Å². The van der Waals surface area contributed by atoms with Crippen molar-refractivity contribution in [1.29, 1.82) is 0 Å². The molecule has 0 aliphatic rings. The zero-order chi connectivity index (χ0) is 17.1. The highest BCUT2D eigenvalue weighted by Crippen LogP contribution is 2.24. The van der Waals surface area contributed by atoms with Crippen molar-refractivity contribution in [3.8, 4) is 5.69 Å². The molecule has 0 saturated heterocycles. The van der Waals surface area contributed by atoms with E-state index in [0.29, 0.717) is 0 Å². The van der Waals surface area contributed by atoms with Gasteiger partial charge in [0.1, 0.15) is 0 Å². The summed E-state index contributed by atoms with van der Waals surface area (Å²) >= 11 is 0. The second-order valence-corrected chi connectivity index (χ2v) is 6.61. The highest BCUT2D eigenvalue weighted by atomic mass is 15.0. The van der Waals surface area contributed by atoms with Crippen LogP contribution in [0.5, 0.6) is 0 Å². The molecule has 0 unspecified atom stereocenters. The Morgan fingerprint density at radius 2 is 1.58 bits per heavy atom. The van der Waals surface area contributed by atoms with E-state index in [0.717, 1.165) is 13.1 Å². The summed E-state index contributed by atoms with van der Waals surface area (Å²) in [5.74, 6) is 0. The molecular weight excluding hydrogens is 292 g/mol. The maximum Gasteiger partial charge on any atom is 0.0486 e. The molecule has 124 valence electrons. The van der Waals surface area contributed by atoms with Crippen molar-refractivity contribution in [3.63, 3.8) is 0 Å². The van der Waals surface area contributed by atoms with E-state index in [4.69, 9.17) is 0 Å². The minimum atomic E-state index is 0.888. The molecule has 0 bridgehead atoms. The summed E-state index contributed by atoms with van der Waals surface area (Å²) in [6.07, 6.45) is 0. The van der Waals surface area contributed by atoms with Gasteiger partial charge in [-0.05, 0) is 62.1 Å². The van der Waals surface area contributed by atoms with E-state index in [1.807, 2.05) is 0 Å². The van der Waals surface area contributed by atoms with Crippen LogP contribution in [0.15, 0.2) is 54.6 Å². The molecule has 0 atom stereocenters. The van der Waals surface area contributed by atoms with Gasteiger partial charge in [0, 0.05) is 30.2 Å². The predicted octanol–water partition coefficient (Wildman–Crippen LogP) is 5.00. The van der Waals surface area contributed by atoms with Crippen LogP contribution in [0.2, 0.25) is 0 Å². The lowest BCUT2D eigenvalue weighted by Crippen LogP contribution is -2.13. The van der Waals surface area contributed by atoms with Crippen LogP contribution < -0.4 is 5.32 Å². The standard InChI is InChI=1S/C22H26N2/c1-16-10-11-17(2)22(12-16)24-18(3)13-21(19(24)4)15-23-14-20-8-6-5-7-9-20/h5-13,23H,14-15H2,1-4H3. The predicted molar refractivity (Wildman–Crippen MR) is 102 cm³/mol. The van der Waals surface area contributed by atoms with Crippen LogP contribution in [-0.4, -0.2) is 4.57 Å². The SMILES string of the molecule is Cc1ccc(C)c(-n2c(C)cc(CNCc3ccccc3)c2C)c1. The highest BCUT2D eigenvalue weighted by Gasteiger charge is 2.12. The molecule has 0 aliphatic heterocycles. The fraction of sp³-hybridized carbons (Fsp3) is 0.273. The molecule has 2 aromatic carbocycles. The first-order chi connectivity index (χ1) is 11.6. The Balaban J connectivity index is 1.80. The van der Waals surface area contributed by atoms with Crippen molar-refractivity contribution in [3.05, 3.63) is 88.2 Å². The fourth-order valence-corrected chi connectivity index (χ4v) is 3.28. The van der Waals surface area contributed by atoms with Gasteiger partial charge in [0.2, 0.25) is 0 Å². The second kappa shape index (κ2) is 7.06. The smallest absolute Gasteiger partial charge is 0.0486 e. The van der Waals surface area contributed by atoms with Gasteiger partial charge in [-0.25, -0.2) is 0 Å². The van der Waals surface area contributed by atoms with E-state index in [1.54, 1.807) is 0 Å². The third-order valence-electron chi connectivity index (χ3n) is 4.63. The van der Waals surface area contributed by atoms with E-state index < -0.39 is 0 Å². The molecule has 2 heteroatoms. The lowest BCUT2D eigenvalue weighted by Gasteiger charge is -2.14. The molecular formula is C22H26N2. The molecule has 1 N–H and O–H groups in total. The number of hydrogen-bond acceptors (Lipinski definition) is 1. The normalized spacial score (nSPS) is 11.0. The topological polar surface area (TPSA) is 17.0 Å². The quantitative estimate of drug-likeness (QED) is 0.700. The summed E-state index contributed by atoms with van der Waals surface area (Å²) in [6.45, 7) is 10.5. The van der Waals surface area contributed by atoms with E-state index in [1.165, 1.54) is 39.3 Å². The van der Waals surface area contributed by atoms with E-state index >= 15 is 0 Å². The van der Waals surface area contributed by atoms with Crippen molar-refractivity contribution in [2.24, 2.45) is 0 Å². The van der Waals surface area contributed by atoms with Gasteiger partial charge in [0.05, 0.1) is 0 Å². The number of aromatic nitrogens is 1. The van der Waals surface area contributed by atoms with E-state index in [9.17, 15) is 0 Å². The van der Waals surface area contributed by atoms with Crippen molar-refractivity contribution in [1.82, 2.24) is 9.88 Å². The Bertz CT molecular complexity index is 829. The Morgan fingerprint density at radius 3 is 2.33 bits per heavy atom. The van der Waals surface area contributed by atoms with Crippen LogP contribution in [0.4, 0.5) is 0 Å². The first-order valence-corrected chi connectivity index (χ1v) is 8.56. The molecule has 1 heterocycles. The largest absolute Gasteiger partial charge is 0.318 e. The van der Waals surface area contributed by atoms with Crippen LogP contribution in [0.25, 0.3) is 5.69 Å². The van der Waals surface area contributed by atoms with Crippen LogP contribution in [0.1, 0.15) is 33.6 Å². The number of rotatable bonds is 5. The van der Waals surface area contributed by atoms with Gasteiger partial charge in [-0.1, -0.05) is 42.5 Å². The Labute approximate surface area is 145 Å². The number of nitrogens with zero attached hydrogens (tertiary/aromatic N) is 1. The Hall–Kier alpha value is -2.32. The van der Waals surface area contributed by atoms with Crippen LogP contribution in [-0.2, 0) is 13.1 Å². The number of aryl methyl sites for hydroxylation is 3. The lowest BCUT2D eigenvalue weighted by molar-refractivity contribution is 0.689. The number of nitrogens with one attached hydrogen (secondary N) is 1. The fourth-order valence-electron chi connectivity index (χ4n) is 3.28. The molecule has 1 aromatic heterocycles. The molecule has 2 nitrogen and oxygen atoms in total. The molecule has 0 radical (unpaired) electrons. The Morgan fingerprint density at radius 1 is 0.833 bits per heavy atom. The number of benzene rings is 2. The maximum absolute atomic E-state index is 3.56. The average Bonchev–Trinajstić information content (AvgIpc) is 2.85. The van der Waals surface area contributed by atoms with Gasteiger partial charge < -0.3 is 9.88 Å². The molecule has 0 amide bonds. The van der Waals surface area contributed by atoms with Crippen LogP contribution in [0, 0.1) is 27.7 Å². The average molecular weight is 318 g/mol. The molecule has 0 fully saturated rings. The van der Waals surface area contributed by atoms with Gasteiger partial charge >= 0.3 is 0 Å². The van der Waals surface area contributed by atoms with Crippen LogP contribution in [0.3, 0.4) is 0 Å². The first kappa shape index (κ1) is 16.5. The monoisotopic (exact) mass is 318 g/mol. The van der Waals surface area contributed by atoms with E-state index in [2.05, 4.69) is 92.2 Å².